The standard InChI is InChI=1S/C18H18N2O4S/c1-11(2)9-24-13-6-4-12(5-7-13)15-10-25-18-19-16(21)8-14(20(15)18)17(22)23-3/h4-8,10-11H,9H2,1-3H3. The minimum absolute atomic E-state index is 0.161. The van der Waals surface area contributed by atoms with E-state index in [0.717, 1.165) is 17.0 Å². The van der Waals surface area contributed by atoms with E-state index in [1.54, 1.807) is 4.40 Å². The summed E-state index contributed by atoms with van der Waals surface area (Å²) in [5, 5.41) is 1.86. The average molecular weight is 358 g/mol. The van der Waals surface area contributed by atoms with Crippen LogP contribution in [0.2, 0.25) is 0 Å². The molecule has 0 aliphatic heterocycles. The molecule has 0 fully saturated rings. The van der Waals surface area contributed by atoms with Crippen LogP contribution in [0, 0.1) is 5.92 Å². The van der Waals surface area contributed by atoms with E-state index < -0.39 is 11.5 Å². The van der Waals surface area contributed by atoms with E-state index in [1.807, 2.05) is 29.6 Å². The lowest BCUT2D eigenvalue weighted by atomic mass is 10.1. The Morgan fingerprint density at radius 3 is 2.64 bits per heavy atom. The number of nitrogens with zero attached hydrogens (tertiary/aromatic N) is 2. The second-order valence-corrected chi connectivity index (χ2v) is 6.78. The molecule has 0 aliphatic rings. The number of carbonyl (C=O) groups is 1. The van der Waals surface area contributed by atoms with Crippen molar-refractivity contribution in [2.75, 3.05) is 13.7 Å². The predicted octanol–water partition coefficient (Wildman–Crippen LogP) is 3.24. The van der Waals surface area contributed by atoms with Gasteiger partial charge in [0.1, 0.15) is 11.4 Å². The first-order valence-corrected chi connectivity index (χ1v) is 8.70. The molecule has 0 saturated carbocycles. The van der Waals surface area contributed by atoms with E-state index in [9.17, 15) is 9.59 Å². The van der Waals surface area contributed by atoms with Gasteiger partial charge in [-0.15, -0.1) is 11.3 Å². The van der Waals surface area contributed by atoms with E-state index in [2.05, 4.69) is 18.8 Å². The SMILES string of the molecule is COC(=O)c1cc(=O)nc2scc(-c3ccc(OCC(C)C)cc3)n12. The van der Waals surface area contributed by atoms with Gasteiger partial charge >= 0.3 is 5.97 Å². The number of rotatable bonds is 5. The first-order valence-electron chi connectivity index (χ1n) is 7.82. The van der Waals surface area contributed by atoms with Crippen LogP contribution in [0.3, 0.4) is 0 Å². The van der Waals surface area contributed by atoms with Crippen LogP contribution in [0.15, 0.2) is 40.5 Å². The fourth-order valence-corrected chi connectivity index (χ4v) is 3.27. The number of thiazole rings is 1. The van der Waals surface area contributed by atoms with Crippen molar-refractivity contribution in [2.45, 2.75) is 13.8 Å². The quantitative estimate of drug-likeness (QED) is 0.655. The lowest BCUT2D eigenvalue weighted by Crippen LogP contribution is -2.16. The zero-order valence-corrected chi connectivity index (χ0v) is 15.0. The van der Waals surface area contributed by atoms with E-state index in [-0.39, 0.29) is 5.69 Å². The third-order valence-electron chi connectivity index (χ3n) is 3.54. The second-order valence-electron chi connectivity index (χ2n) is 5.94. The van der Waals surface area contributed by atoms with Gasteiger partial charge < -0.3 is 9.47 Å². The Hall–Kier alpha value is -2.67. The van der Waals surface area contributed by atoms with Crippen molar-refractivity contribution in [2.24, 2.45) is 5.92 Å². The Bertz CT molecular complexity index is 957. The van der Waals surface area contributed by atoms with Crippen molar-refractivity contribution in [1.29, 1.82) is 0 Å². The molecule has 130 valence electrons. The van der Waals surface area contributed by atoms with Gasteiger partial charge in [0.25, 0.3) is 5.56 Å². The van der Waals surface area contributed by atoms with Crippen LogP contribution >= 0.6 is 11.3 Å². The van der Waals surface area contributed by atoms with Crippen molar-refractivity contribution in [3.63, 3.8) is 0 Å². The molecule has 0 saturated heterocycles. The summed E-state index contributed by atoms with van der Waals surface area (Å²) in [5.41, 5.74) is 1.35. The molecule has 0 atom stereocenters. The second kappa shape index (κ2) is 7.06. The third-order valence-corrected chi connectivity index (χ3v) is 4.37. The summed E-state index contributed by atoms with van der Waals surface area (Å²) in [6.45, 7) is 4.83. The van der Waals surface area contributed by atoms with Gasteiger partial charge in [-0.25, -0.2) is 4.79 Å². The molecule has 3 aromatic rings. The van der Waals surface area contributed by atoms with Gasteiger partial charge in [0.2, 0.25) is 0 Å². The topological polar surface area (TPSA) is 69.9 Å². The van der Waals surface area contributed by atoms with Crippen LogP contribution < -0.4 is 10.3 Å². The lowest BCUT2D eigenvalue weighted by Gasteiger charge is -2.10. The zero-order chi connectivity index (χ0) is 18.0. The van der Waals surface area contributed by atoms with Crippen LogP contribution in [-0.2, 0) is 4.74 Å². The van der Waals surface area contributed by atoms with E-state index >= 15 is 0 Å². The molecule has 25 heavy (non-hydrogen) atoms. The predicted molar refractivity (Wildman–Crippen MR) is 96.4 cm³/mol. The number of hydrogen-bond acceptors (Lipinski definition) is 6. The minimum Gasteiger partial charge on any atom is -0.493 e. The highest BCUT2D eigenvalue weighted by molar-refractivity contribution is 7.15. The van der Waals surface area contributed by atoms with Crippen LogP contribution in [0.4, 0.5) is 0 Å². The number of methoxy groups -OCH3 is 1. The summed E-state index contributed by atoms with van der Waals surface area (Å²) in [6, 6.07) is 8.78. The zero-order valence-electron chi connectivity index (χ0n) is 14.2. The van der Waals surface area contributed by atoms with Crippen molar-refractivity contribution in [3.8, 4) is 17.0 Å². The van der Waals surface area contributed by atoms with E-state index in [4.69, 9.17) is 9.47 Å². The van der Waals surface area contributed by atoms with Crippen LogP contribution in [-0.4, -0.2) is 29.1 Å². The molecule has 0 amide bonds. The molecule has 6 nitrogen and oxygen atoms in total. The monoisotopic (exact) mass is 358 g/mol. The fraction of sp³-hybridized carbons (Fsp3) is 0.278. The Morgan fingerprint density at radius 1 is 1.28 bits per heavy atom. The van der Waals surface area contributed by atoms with Crippen molar-refractivity contribution < 1.29 is 14.3 Å². The molecule has 0 aliphatic carbocycles. The number of hydrogen-bond donors (Lipinski definition) is 0. The average Bonchev–Trinajstić information content (AvgIpc) is 3.02. The molecule has 0 radical (unpaired) electrons. The highest BCUT2D eigenvalue weighted by Gasteiger charge is 2.17. The molecular formula is C18H18N2O4S. The molecule has 7 heteroatoms. The van der Waals surface area contributed by atoms with Gasteiger partial charge in [0, 0.05) is 11.4 Å². The Morgan fingerprint density at radius 2 is 2.00 bits per heavy atom. The normalized spacial score (nSPS) is 11.0. The molecule has 2 aromatic heterocycles. The summed E-state index contributed by atoms with van der Waals surface area (Å²) < 4.78 is 12.1. The van der Waals surface area contributed by atoms with Gasteiger partial charge in [-0.05, 0) is 35.7 Å². The molecular weight excluding hydrogens is 340 g/mol. The maximum absolute atomic E-state index is 12.0. The third kappa shape index (κ3) is 3.56. The Kier molecular flexibility index (Phi) is 4.85. The molecule has 2 heterocycles. The Labute approximate surface area is 148 Å². The van der Waals surface area contributed by atoms with Crippen molar-refractivity contribution in [3.05, 3.63) is 51.8 Å². The molecule has 0 unspecified atom stereocenters. The van der Waals surface area contributed by atoms with Gasteiger partial charge in [-0.3, -0.25) is 9.20 Å². The highest BCUT2D eigenvalue weighted by Crippen LogP contribution is 2.28. The van der Waals surface area contributed by atoms with E-state index in [0.29, 0.717) is 17.5 Å². The van der Waals surface area contributed by atoms with Gasteiger partial charge in [0.05, 0.1) is 19.4 Å². The number of fused-ring (bicyclic) bond motifs is 1. The first-order chi connectivity index (χ1) is 12.0. The number of benzene rings is 1. The summed E-state index contributed by atoms with van der Waals surface area (Å²) in [6.07, 6.45) is 0. The largest absolute Gasteiger partial charge is 0.493 e. The summed E-state index contributed by atoms with van der Waals surface area (Å²) in [7, 11) is 1.28. The molecule has 0 spiro atoms. The highest BCUT2D eigenvalue weighted by atomic mass is 32.1. The lowest BCUT2D eigenvalue weighted by molar-refractivity contribution is 0.0592. The molecule has 1 aromatic carbocycles. The summed E-state index contributed by atoms with van der Waals surface area (Å²) in [5.74, 6) is 0.659. The number of carbonyl (C=O) groups excluding carboxylic acids is 1. The van der Waals surface area contributed by atoms with E-state index in [1.165, 1.54) is 24.5 Å². The minimum atomic E-state index is -0.578. The summed E-state index contributed by atoms with van der Waals surface area (Å²) >= 11 is 1.30. The van der Waals surface area contributed by atoms with Crippen LogP contribution in [0.5, 0.6) is 5.75 Å². The summed E-state index contributed by atoms with van der Waals surface area (Å²) in [4.78, 5) is 28.1. The Balaban J connectivity index is 2.04. The molecule has 0 N–H and O–H groups in total. The molecule has 3 rings (SSSR count). The maximum atomic E-state index is 12.0. The maximum Gasteiger partial charge on any atom is 0.355 e. The van der Waals surface area contributed by atoms with Crippen LogP contribution in [0.1, 0.15) is 24.3 Å². The smallest absolute Gasteiger partial charge is 0.355 e. The van der Waals surface area contributed by atoms with Crippen molar-refractivity contribution in [1.82, 2.24) is 9.38 Å². The van der Waals surface area contributed by atoms with Crippen LogP contribution in [0.25, 0.3) is 16.2 Å². The first kappa shape index (κ1) is 17.2. The van der Waals surface area contributed by atoms with Crippen molar-refractivity contribution >= 4 is 22.3 Å². The number of aromatic nitrogens is 2. The number of ether oxygens (including phenoxy) is 2. The molecule has 0 bridgehead atoms. The fourth-order valence-electron chi connectivity index (χ4n) is 2.37. The van der Waals surface area contributed by atoms with Gasteiger partial charge in [-0.1, -0.05) is 13.8 Å². The number of esters is 1. The van der Waals surface area contributed by atoms with Gasteiger partial charge in [-0.2, -0.15) is 4.98 Å². The van der Waals surface area contributed by atoms with Gasteiger partial charge in [0.15, 0.2) is 4.96 Å².